The molecule has 1 aromatic carbocycles. The van der Waals surface area contributed by atoms with Crippen molar-refractivity contribution in [2.75, 3.05) is 6.61 Å². The van der Waals surface area contributed by atoms with Crippen LogP contribution in [0.4, 0.5) is 5.69 Å². The second kappa shape index (κ2) is 7.57. The normalized spacial score (nSPS) is 10.8. The quantitative estimate of drug-likeness (QED) is 0.265. The number of carbonyl (C=O) groups excluding carboxylic acids is 2. The number of rotatable bonds is 6. The molecule has 7 nitrogen and oxygen atoms in total. The number of ether oxygens (including phenoxy) is 1. The van der Waals surface area contributed by atoms with E-state index < -0.39 is 10.9 Å². The zero-order valence-electron chi connectivity index (χ0n) is 14.2. The maximum absolute atomic E-state index is 12.1. The van der Waals surface area contributed by atoms with Gasteiger partial charge >= 0.3 is 5.97 Å². The number of hydrogen-bond acceptors (Lipinski definition) is 5. The smallest absolute Gasteiger partial charge is 0.331 e. The van der Waals surface area contributed by atoms with Crippen LogP contribution in [0.15, 0.2) is 36.4 Å². The summed E-state index contributed by atoms with van der Waals surface area (Å²) in [5, 5.41) is 10.7. The zero-order valence-corrected chi connectivity index (χ0v) is 14.2. The van der Waals surface area contributed by atoms with Crippen molar-refractivity contribution in [2.45, 2.75) is 13.8 Å². The van der Waals surface area contributed by atoms with Gasteiger partial charge in [-0.25, -0.2) is 4.79 Å². The summed E-state index contributed by atoms with van der Waals surface area (Å²) in [6.07, 6.45) is 2.53. The van der Waals surface area contributed by atoms with Crippen molar-refractivity contribution in [1.82, 2.24) is 4.57 Å². The summed E-state index contributed by atoms with van der Waals surface area (Å²) < 4.78 is 6.83. The van der Waals surface area contributed by atoms with E-state index in [9.17, 15) is 19.7 Å². The predicted octanol–water partition coefficient (Wildman–Crippen LogP) is 2.99. The van der Waals surface area contributed by atoms with Gasteiger partial charge in [-0.05, 0) is 31.6 Å². The first-order valence-electron chi connectivity index (χ1n) is 7.55. The lowest BCUT2D eigenvalue weighted by Gasteiger charge is -2.03. The van der Waals surface area contributed by atoms with Gasteiger partial charge in [-0.2, -0.15) is 0 Å². The van der Waals surface area contributed by atoms with Crippen molar-refractivity contribution >= 4 is 23.5 Å². The standard InChI is InChI=1S/C18H18N2O5/c1-12-9-16(13(2)19(12)3)17(21)11-25-18(22)8-7-14-5-4-6-15(10-14)20(23)24/h4-10H,11H2,1-3H3/b8-7+. The molecule has 0 bridgehead atoms. The first kappa shape index (κ1) is 18.1. The molecule has 0 saturated heterocycles. The van der Waals surface area contributed by atoms with Crippen molar-refractivity contribution in [3.8, 4) is 0 Å². The maximum Gasteiger partial charge on any atom is 0.331 e. The largest absolute Gasteiger partial charge is 0.454 e. The summed E-state index contributed by atoms with van der Waals surface area (Å²) in [7, 11) is 1.86. The molecule has 25 heavy (non-hydrogen) atoms. The van der Waals surface area contributed by atoms with E-state index in [0.717, 1.165) is 17.5 Å². The summed E-state index contributed by atoms with van der Waals surface area (Å²) in [6, 6.07) is 7.60. The van der Waals surface area contributed by atoms with Gasteiger partial charge in [-0.1, -0.05) is 12.1 Å². The van der Waals surface area contributed by atoms with Gasteiger partial charge in [0.15, 0.2) is 6.61 Å². The van der Waals surface area contributed by atoms with Crippen molar-refractivity contribution in [3.63, 3.8) is 0 Å². The van der Waals surface area contributed by atoms with E-state index in [1.54, 1.807) is 12.1 Å². The Hall–Kier alpha value is -3.22. The van der Waals surface area contributed by atoms with Crippen LogP contribution in [-0.2, 0) is 16.6 Å². The van der Waals surface area contributed by atoms with Crippen LogP contribution in [0.25, 0.3) is 6.08 Å². The van der Waals surface area contributed by atoms with Gasteiger partial charge in [0.2, 0.25) is 5.78 Å². The topological polar surface area (TPSA) is 91.4 Å². The third kappa shape index (κ3) is 4.41. The molecule has 0 atom stereocenters. The highest BCUT2D eigenvalue weighted by molar-refractivity contribution is 6.00. The third-order valence-corrected chi connectivity index (χ3v) is 3.91. The lowest BCUT2D eigenvalue weighted by Crippen LogP contribution is -2.13. The molecule has 0 aliphatic carbocycles. The Labute approximate surface area is 144 Å². The van der Waals surface area contributed by atoms with Crippen molar-refractivity contribution in [1.29, 1.82) is 0 Å². The molecule has 0 radical (unpaired) electrons. The van der Waals surface area contributed by atoms with E-state index >= 15 is 0 Å². The van der Waals surface area contributed by atoms with Crippen LogP contribution in [-0.4, -0.2) is 27.8 Å². The number of benzene rings is 1. The highest BCUT2D eigenvalue weighted by atomic mass is 16.6. The number of Topliss-reactive ketones (excluding diaryl/α,β-unsaturated/α-hetero) is 1. The fourth-order valence-corrected chi connectivity index (χ4v) is 2.31. The van der Waals surface area contributed by atoms with Gasteiger partial charge in [0.05, 0.1) is 4.92 Å². The van der Waals surface area contributed by atoms with Crippen LogP contribution in [0.1, 0.15) is 27.3 Å². The average molecular weight is 342 g/mol. The Morgan fingerprint density at radius 3 is 2.60 bits per heavy atom. The summed E-state index contributed by atoms with van der Waals surface area (Å²) >= 11 is 0. The highest BCUT2D eigenvalue weighted by Gasteiger charge is 2.15. The number of aromatic nitrogens is 1. The van der Waals surface area contributed by atoms with E-state index in [1.807, 2.05) is 25.5 Å². The molecule has 0 spiro atoms. The van der Waals surface area contributed by atoms with Crippen LogP contribution >= 0.6 is 0 Å². The number of nitrogens with zero attached hydrogens (tertiary/aromatic N) is 2. The minimum atomic E-state index is -0.690. The zero-order chi connectivity index (χ0) is 18.6. The monoisotopic (exact) mass is 342 g/mol. The van der Waals surface area contributed by atoms with Gasteiger partial charge in [0.1, 0.15) is 0 Å². The van der Waals surface area contributed by atoms with Gasteiger partial charge in [-0.3, -0.25) is 14.9 Å². The van der Waals surface area contributed by atoms with E-state index in [-0.39, 0.29) is 18.1 Å². The van der Waals surface area contributed by atoms with Crippen molar-refractivity contribution < 1.29 is 19.2 Å². The van der Waals surface area contributed by atoms with Gasteiger partial charge < -0.3 is 9.30 Å². The number of carbonyl (C=O) groups is 2. The van der Waals surface area contributed by atoms with E-state index in [2.05, 4.69) is 0 Å². The molecule has 1 heterocycles. The number of aryl methyl sites for hydroxylation is 1. The molecule has 7 heteroatoms. The van der Waals surface area contributed by atoms with Crippen LogP contribution in [0.5, 0.6) is 0 Å². The lowest BCUT2D eigenvalue weighted by molar-refractivity contribution is -0.384. The summed E-state index contributed by atoms with van der Waals surface area (Å²) in [6.45, 7) is 3.35. The fraction of sp³-hybridized carbons (Fsp3) is 0.222. The van der Waals surface area contributed by atoms with E-state index in [1.165, 1.54) is 24.3 Å². The second-order valence-corrected chi connectivity index (χ2v) is 5.56. The molecule has 0 N–H and O–H groups in total. The molecule has 1 aromatic heterocycles. The summed E-state index contributed by atoms with van der Waals surface area (Å²) in [4.78, 5) is 34.1. The Morgan fingerprint density at radius 2 is 2.00 bits per heavy atom. The summed E-state index contributed by atoms with van der Waals surface area (Å²) in [5.74, 6) is -0.969. The van der Waals surface area contributed by atoms with Gasteiger partial charge in [0, 0.05) is 42.2 Å². The molecule has 2 rings (SSSR count). The van der Waals surface area contributed by atoms with Crippen molar-refractivity contribution in [2.24, 2.45) is 7.05 Å². The number of non-ortho nitro benzene ring substituents is 1. The Morgan fingerprint density at radius 1 is 1.28 bits per heavy atom. The Bertz CT molecular complexity index is 864. The Balaban J connectivity index is 1.96. The second-order valence-electron chi connectivity index (χ2n) is 5.56. The number of ketones is 1. The minimum absolute atomic E-state index is 0.0689. The van der Waals surface area contributed by atoms with Crippen LogP contribution in [0.2, 0.25) is 0 Å². The lowest BCUT2D eigenvalue weighted by atomic mass is 10.1. The van der Waals surface area contributed by atoms with Crippen LogP contribution in [0.3, 0.4) is 0 Å². The summed E-state index contributed by atoms with van der Waals surface area (Å²) in [5.41, 5.74) is 2.70. The average Bonchev–Trinajstić information content (AvgIpc) is 2.85. The minimum Gasteiger partial charge on any atom is -0.454 e. The number of nitro groups is 1. The third-order valence-electron chi connectivity index (χ3n) is 3.91. The first-order valence-corrected chi connectivity index (χ1v) is 7.55. The number of esters is 1. The van der Waals surface area contributed by atoms with Crippen molar-refractivity contribution in [3.05, 3.63) is 69.0 Å². The molecule has 0 unspecified atom stereocenters. The molecule has 0 aliphatic rings. The molecular formula is C18H18N2O5. The SMILES string of the molecule is Cc1cc(C(=O)COC(=O)/C=C/c2cccc([N+](=O)[O-])c2)c(C)n1C. The van der Waals surface area contributed by atoms with Crippen LogP contribution in [0, 0.1) is 24.0 Å². The predicted molar refractivity (Wildman–Crippen MR) is 92.3 cm³/mol. The number of nitro benzene ring substituents is 1. The maximum atomic E-state index is 12.1. The first-order chi connectivity index (χ1) is 11.8. The van der Waals surface area contributed by atoms with E-state index in [0.29, 0.717) is 11.1 Å². The molecule has 0 amide bonds. The molecule has 0 fully saturated rings. The molecular weight excluding hydrogens is 324 g/mol. The molecule has 2 aromatic rings. The van der Waals surface area contributed by atoms with Gasteiger partial charge in [-0.15, -0.1) is 0 Å². The Kier molecular flexibility index (Phi) is 5.49. The number of hydrogen-bond donors (Lipinski definition) is 0. The van der Waals surface area contributed by atoms with Gasteiger partial charge in [0.25, 0.3) is 5.69 Å². The molecule has 0 aliphatic heterocycles. The van der Waals surface area contributed by atoms with E-state index in [4.69, 9.17) is 4.74 Å². The fourth-order valence-electron chi connectivity index (χ4n) is 2.31. The molecule has 0 saturated carbocycles. The molecule has 130 valence electrons. The van der Waals surface area contributed by atoms with Crippen LogP contribution < -0.4 is 0 Å². The highest BCUT2D eigenvalue weighted by Crippen LogP contribution is 2.15.